The third-order valence-corrected chi connectivity index (χ3v) is 2.46. The van der Waals surface area contributed by atoms with Crippen molar-refractivity contribution < 1.29 is 29.9 Å². The van der Waals surface area contributed by atoms with Crippen molar-refractivity contribution in [2.24, 2.45) is 0 Å². The molecule has 8 heteroatoms. The lowest BCUT2D eigenvalue weighted by molar-refractivity contribution is -0.492. The van der Waals surface area contributed by atoms with Gasteiger partial charge in [0.15, 0.2) is 11.5 Å². The average molecular weight is 298 g/mol. The molecular formula is C13H18N2O6. The Morgan fingerprint density at radius 3 is 2.86 bits per heavy atom. The smallest absolute Gasteiger partial charge is 0.244 e. The van der Waals surface area contributed by atoms with E-state index in [1.807, 2.05) is 0 Å². The molecule has 21 heavy (non-hydrogen) atoms. The molecule has 0 heterocycles. The largest absolute Gasteiger partial charge is 0.504 e. The lowest BCUT2D eigenvalue weighted by Gasteiger charge is -2.06. The lowest BCUT2D eigenvalue weighted by Crippen LogP contribution is -2.24. The second-order valence-electron chi connectivity index (χ2n) is 4.00. The van der Waals surface area contributed by atoms with Crippen molar-refractivity contribution in [2.75, 3.05) is 20.3 Å². The molecule has 0 fully saturated rings. The van der Waals surface area contributed by atoms with Crippen LogP contribution in [-0.4, -0.2) is 47.1 Å². The van der Waals surface area contributed by atoms with Crippen molar-refractivity contribution in [1.29, 1.82) is 0 Å². The molecule has 0 aliphatic rings. The molecule has 0 spiro atoms. The molecule has 116 valence electrons. The molecule has 4 N–H and O–H groups in total. The number of rotatable bonds is 8. The maximum Gasteiger partial charge on any atom is 0.244 e. The maximum atomic E-state index is 11.5. The highest BCUT2D eigenvalue weighted by Crippen LogP contribution is 2.26. The molecule has 0 atom stereocenters. The molecule has 0 bridgehead atoms. The van der Waals surface area contributed by atoms with Gasteiger partial charge in [-0.2, -0.15) is 0 Å². The van der Waals surface area contributed by atoms with Crippen molar-refractivity contribution in [3.8, 4) is 11.5 Å². The third kappa shape index (κ3) is 6.72. The quantitative estimate of drug-likeness (QED) is 0.321. The van der Waals surface area contributed by atoms with Crippen LogP contribution in [0.5, 0.6) is 11.5 Å². The highest BCUT2D eigenvalue weighted by molar-refractivity contribution is 5.91. The molecule has 1 rings (SSSR count). The van der Waals surface area contributed by atoms with E-state index in [9.17, 15) is 9.90 Å². The highest BCUT2D eigenvalue weighted by atomic mass is 17.1. The second kappa shape index (κ2) is 8.93. The maximum absolute atomic E-state index is 11.5. The van der Waals surface area contributed by atoms with E-state index in [1.54, 1.807) is 18.2 Å². The number of phenolic OH excluding ortho intramolecular Hbond substituents is 1. The van der Waals surface area contributed by atoms with Gasteiger partial charge in [0, 0.05) is 12.6 Å². The monoisotopic (exact) mass is 298 g/mol. The summed E-state index contributed by atoms with van der Waals surface area (Å²) >= 11 is 0. The van der Waals surface area contributed by atoms with E-state index in [0.717, 1.165) is 0 Å². The summed E-state index contributed by atoms with van der Waals surface area (Å²) in [6.45, 7) is 0.391. The Hall–Kier alpha value is -2.13. The number of carbonyl (C=O) groups excluding carboxylic acids is 1. The van der Waals surface area contributed by atoms with Crippen molar-refractivity contribution in [1.82, 2.24) is 10.7 Å². The molecule has 1 aromatic carbocycles. The fourth-order valence-corrected chi connectivity index (χ4v) is 1.46. The summed E-state index contributed by atoms with van der Waals surface area (Å²) in [5.41, 5.74) is 0.708. The van der Waals surface area contributed by atoms with E-state index >= 15 is 0 Å². The van der Waals surface area contributed by atoms with Gasteiger partial charge in [0.2, 0.25) is 5.91 Å². The molecule has 0 radical (unpaired) electrons. The van der Waals surface area contributed by atoms with E-state index in [-0.39, 0.29) is 23.7 Å². The zero-order valence-electron chi connectivity index (χ0n) is 11.5. The van der Waals surface area contributed by atoms with Crippen LogP contribution >= 0.6 is 0 Å². The molecule has 0 aromatic heterocycles. The summed E-state index contributed by atoms with van der Waals surface area (Å²) in [4.78, 5) is 15.8. The number of nitrogens with zero attached hydrogens (tertiary/aromatic N) is 1. The summed E-state index contributed by atoms with van der Waals surface area (Å²) < 4.78 is 4.96. The average Bonchev–Trinajstić information content (AvgIpc) is 2.45. The Bertz CT molecular complexity index is 490. The minimum atomic E-state index is -0.375. The van der Waals surface area contributed by atoms with Crippen molar-refractivity contribution in [3.63, 3.8) is 0 Å². The van der Waals surface area contributed by atoms with Gasteiger partial charge in [0.25, 0.3) is 0 Å². The number of aromatic hydroxyl groups is 1. The van der Waals surface area contributed by atoms with Gasteiger partial charge >= 0.3 is 0 Å². The van der Waals surface area contributed by atoms with Gasteiger partial charge in [0.05, 0.1) is 19.1 Å². The van der Waals surface area contributed by atoms with Crippen LogP contribution in [0.25, 0.3) is 6.08 Å². The van der Waals surface area contributed by atoms with Crippen LogP contribution in [0.15, 0.2) is 24.3 Å². The van der Waals surface area contributed by atoms with E-state index in [2.05, 4.69) is 10.2 Å². The van der Waals surface area contributed by atoms with E-state index in [0.29, 0.717) is 24.3 Å². The molecule has 8 nitrogen and oxygen atoms in total. The normalized spacial score (nSPS) is 11.0. The molecular weight excluding hydrogens is 280 g/mol. The number of methoxy groups -OCH3 is 1. The first-order valence-electron chi connectivity index (χ1n) is 6.16. The van der Waals surface area contributed by atoms with Gasteiger partial charge in [-0.3, -0.25) is 20.0 Å². The number of hydrogen-bond donors (Lipinski definition) is 4. The predicted octanol–water partition coefficient (Wildman–Crippen LogP) is 0.932. The van der Waals surface area contributed by atoms with Gasteiger partial charge < -0.3 is 15.2 Å². The molecule has 0 aliphatic carbocycles. The van der Waals surface area contributed by atoms with Crippen LogP contribution in [0.1, 0.15) is 12.0 Å². The number of phenols is 1. The fourth-order valence-electron chi connectivity index (χ4n) is 1.46. The summed E-state index contributed by atoms with van der Waals surface area (Å²) in [5.74, 6) is 0.0556. The van der Waals surface area contributed by atoms with Gasteiger partial charge in [-0.1, -0.05) is 6.07 Å². The second-order valence-corrected chi connectivity index (χ2v) is 4.00. The Labute approximate surface area is 121 Å². The van der Waals surface area contributed by atoms with Gasteiger partial charge in [-0.25, -0.2) is 0 Å². The van der Waals surface area contributed by atoms with Gasteiger partial charge in [-0.15, -0.1) is 0 Å². The van der Waals surface area contributed by atoms with Gasteiger partial charge in [-0.05, 0) is 30.2 Å². The third-order valence-electron chi connectivity index (χ3n) is 2.46. The number of benzene rings is 1. The summed E-state index contributed by atoms with van der Waals surface area (Å²) in [5, 5.41) is 28.2. The Morgan fingerprint density at radius 1 is 1.43 bits per heavy atom. The van der Waals surface area contributed by atoms with Crippen molar-refractivity contribution in [2.45, 2.75) is 6.42 Å². The van der Waals surface area contributed by atoms with Crippen LogP contribution in [0.4, 0.5) is 0 Å². The van der Waals surface area contributed by atoms with Crippen LogP contribution in [0, 0.1) is 0 Å². The van der Waals surface area contributed by atoms with Gasteiger partial charge in [0.1, 0.15) is 0 Å². The summed E-state index contributed by atoms with van der Waals surface area (Å²) in [6, 6.07) is 4.72. The molecule has 0 unspecified atom stereocenters. The zero-order valence-corrected chi connectivity index (χ0v) is 11.5. The summed E-state index contributed by atoms with van der Waals surface area (Å²) in [6.07, 6.45) is 3.35. The molecule has 1 aromatic rings. The zero-order chi connectivity index (χ0) is 15.7. The Kier molecular flexibility index (Phi) is 7.19. The van der Waals surface area contributed by atoms with Crippen molar-refractivity contribution in [3.05, 3.63) is 29.8 Å². The number of amides is 1. The molecule has 0 saturated carbocycles. The standard InChI is InChI=1S/C13H18N2O6/c1-20-12-9-10(3-5-11(12)16)4-6-13(17)14-7-2-8-21-15(18)19/h3-6,9,16,18-19H,2,7-8H2,1H3,(H,14,17)/b6-4+. The number of nitrogens with one attached hydrogen (secondary N) is 1. The van der Waals surface area contributed by atoms with E-state index in [1.165, 1.54) is 19.3 Å². The fraction of sp³-hybridized carbons (Fsp3) is 0.308. The van der Waals surface area contributed by atoms with E-state index in [4.69, 9.17) is 15.2 Å². The van der Waals surface area contributed by atoms with Crippen LogP contribution in [0.2, 0.25) is 0 Å². The van der Waals surface area contributed by atoms with Crippen LogP contribution in [-0.2, 0) is 9.63 Å². The minimum absolute atomic E-state index is 0.0286. The molecule has 0 saturated heterocycles. The lowest BCUT2D eigenvalue weighted by atomic mass is 10.2. The SMILES string of the molecule is COc1cc(/C=C/C(=O)NCCCON(O)O)ccc1O. The number of carbonyl (C=O) groups is 1. The highest BCUT2D eigenvalue weighted by Gasteiger charge is 2.01. The molecule has 0 aliphatic heterocycles. The Balaban J connectivity index is 2.37. The molecule has 1 amide bonds. The summed E-state index contributed by atoms with van der Waals surface area (Å²) in [7, 11) is 1.44. The van der Waals surface area contributed by atoms with Crippen molar-refractivity contribution >= 4 is 12.0 Å². The first-order valence-corrected chi connectivity index (χ1v) is 6.16. The van der Waals surface area contributed by atoms with Crippen LogP contribution < -0.4 is 10.1 Å². The number of ether oxygens (including phenoxy) is 1. The topological polar surface area (TPSA) is 111 Å². The minimum Gasteiger partial charge on any atom is -0.504 e. The predicted molar refractivity (Wildman–Crippen MR) is 72.7 cm³/mol. The Morgan fingerprint density at radius 2 is 2.19 bits per heavy atom. The van der Waals surface area contributed by atoms with E-state index < -0.39 is 0 Å². The first-order chi connectivity index (χ1) is 10.0. The first kappa shape index (κ1) is 16.9. The number of hydrogen-bond acceptors (Lipinski definition) is 7. The van der Waals surface area contributed by atoms with Crippen LogP contribution in [0.3, 0.4) is 0 Å².